The van der Waals surface area contributed by atoms with E-state index >= 15 is 0 Å². The van der Waals surface area contributed by atoms with Crippen LogP contribution in [0.15, 0.2) is 28.7 Å². The minimum Gasteiger partial charge on any atom is -0.460 e. The molecule has 2 heteroatoms. The van der Waals surface area contributed by atoms with E-state index in [4.69, 9.17) is 4.42 Å². The fourth-order valence-electron chi connectivity index (χ4n) is 2.20. The molecule has 84 valence electrons. The number of nitrogens with one attached hydrogen (secondary N) is 1. The Kier molecular flexibility index (Phi) is 2.44. The van der Waals surface area contributed by atoms with Crippen LogP contribution in [0.1, 0.15) is 30.6 Å². The Hall–Kier alpha value is -1.28. The number of hydrogen-bond acceptors (Lipinski definition) is 2. The molecule has 1 aromatic carbocycles. The van der Waals surface area contributed by atoms with Crippen molar-refractivity contribution in [3.8, 4) is 0 Å². The summed E-state index contributed by atoms with van der Waals surface area (Å²) in [6, 6.07) is 9.09. The summed E-state index contributed by atoms with van der Waals surface area (Å²) in [6.45, 7) is 2.99. The van der Waals surface area contributed by atoms with Crippen LogP contribution in [0.25, 0.3) is 11.0 Å². The molecule has 3 rings (SSSR count). The lowest BCUT2D eigenvalue weighted by atomic mass is 9.93. The van der Waals surface area contributed by atoms with E-state index in [-0.39, 0.29) is 0 Å². The molecular weight excluding hydrogens is 198 g/mol. The lowest BCUT2D eigenvalue weighted by molar-refractivity contribution is 0.327. The van der Waals surface area contributed by atoms with Gasteiger partial charge in [0.1, 0.15) is 11.3 Å². The predicted octanol–water partition coefficient (Wildman–Crippen LogP) is 3.38. The molecule has 2 nitrogen and oxygen atoms in total. The van der Waals surface area contributed by atoms with Crippen LogP contribution in [-0.2, 0) is 6.54 Å². The quantitative estimate of drug-likeness (QED) is 0.849. The third-order valence-electron chi connectivity index (χ3n) is 3.50. The third-order valence-corrected chi connectivity index (χ3v) is 3.50. The van der Waals surface area contributed by atoms with Gasteiger partial charge in [0, 0.05) is 11.4 Å². The Morgan fingerprint density at radius 3 is 2.94 bits per heavy atom. The summed E-state index contributed by atoms with van der Waals surface area (Å²) in [5, 5.41) is 4.77. The summed E-state index contributed by atoms with van der Waals surface area (Å²) >= 11 is 0. The summed E-state index contributed by atoms with van der Waals surface area (Å²) in [4.78, 5) is 0. The summed E-state index contributed by atoms with van der Waals surface area (Å²) < 4.78 is 5.81. The minimum absolute atomic E-state index is 0.717. The van der Waals surface area contributed by atoms with Crippen LogP contribution in [0.5, 0.6) is 0 Å². The van der Waals surface area contributed by atoms with E-state index in [0.29, 0.717) is 6.04 Å². The van der Waals surface area contributed by atoms with Crippen LogP contribution < -0.4 is 5.32 Å². The first-order chi connectivity index (χ1) is 7.83. The molecule has 0 atom stereocenters. The first-order valence-corrected chi connectivity index (χ1v) is 6.04. The van der Waals surface area contributed by atoms with Crippen molar-refractivity contribution in [3.05, 3.63) is 35.6 Å². The molecule has 0 amide bonds. The minimum atomic E-state index is 0.717. The average molecular weight is 215 g/mol. The summed E-state index contributed by atoms with van der Waals surface area (Å²) in [5.74, 6) is 1.05. The topological polar surface area (TPSA) is 25.2 Å². The normalized spacial score (nSPS) is 16.6. The van der Waals surface area contributed by atoms with Crippen LogP contribution in [0.2, 0.25) is 0 Å². The van der Waals surface area contributed by atoms with Crippen LogP contribution >= 0.6 is 0 Å². The van der Waals surface area contributed by atoms with E-state index in [2.05, 4.69) is 24.4 Å². The monoisotopic (exact) mass is 215 g/mol. The van der Waals surface area contributed by atoms with Crippen molar-refractivity contribution in [2.75, 3.05) is 0 Å². The molecule has 1 heterocycles. The fourth-order valence-corrected chi connectivity index (χ4v) is 2.20. The molecule has 1 fully saturated rings. The van der Waals surface area contributed by atoms with Gasteiger partial charge in [-0.2, -0.15) is 0 Å². The SMILES string of the molecule is Cc1cccc2oc(CNC3CCC3)cc12. The number of aryl methyl sites for hydroxylation is 1. The van der Waals surface area contributed by atoms with E-state index < -0.39 is 0 Å². The number of furan rings is 1. The lowest BCUT2D eigenvalue weighted by Crippen LogP contribution is -2.34. The maximum atomic E-state index is 5.81. The lowest BCUT2D eigenvalue weighted by Gasteiger charge is -2.25. The van der Waals surface area contributed by atoms with E-state index in [1.54, 1.807) is 0 Å². The largest absolute Gasteiger partial charge is 0.460 e. The van der Waals surface area contributed by atoms with Gasteiger partial charge in [-0.05, 0) is 37.5 Å². The predicted molar refractivity (Wildman–Crippen MR) is 65.4 cm³/mol. The van der Waals surface area contributed by atoms with Crippen molar-refractivity contribution >= 4 is 11.0 Å². The number of fused-ring (bicyclic) bond motifs is 1. The molecule has 1 saturated carbocycles. The zero-order valence-electron chi connectivity index (χ0n) is 9.62. The van der Waals surface area contributed by atoms with Crippen LogP contribution in [0.3, 0.4) is 0 Å². The molecule has 1 aliphatic rings. The molecule has 0 saturated heterocycles. The molecule has 0 aliphatic heterocycles. The molecule has 0 radical (unpaired) electrons. The summed E-state index contributed by atoms with van der Waals surface area (Å²) in [5.41, 5.74) is 2.29. The molecule has 1 aromatic heterocycles. The van der Waals surface area contributed by atoms with Crippen molar-refractivity contribution in [2.24, 2.45) is 0 Å². The number of hydrogen-bond donors (Lipinski definition) is 1. The standard InChI is InChI=1S/C14H17NO/c1-10-4-2-7-14-13(10)8-12(16-14)9-15-11-5-3-6-11/h2,4,7-8,11,15H,3,5-6,9H2,1H3. The first-order valence-electron chi connectivity index (χ1n) is 6.04. The van der Waals surface area contributed by atoms with E-state index in [9.17, 15) is 0 Å². The van der Waals surface area contributed by atoms with Gasteiger partial charge in [0.15, 0.2) is 0 Å². The second kappa shape index (κ2) is 3.95. The Labute approximate surface area is 95.6 Å². The average Bonchev–Trinajstić information content (AvgIpc) is 2.60. The molecule has 0 spiro atoms. The van der Waals surface area contributed by atoms with Crippen LogP contribution in [0.4, 0.5) is 0 Å². The number of rotatable bonds is 3. The van der Waals surface area contributed by atoms with Crippen LogP contribution in [0, 0.1) is 6.92 Å². The van der Waals surface area contributed by atoms with Gasteiger partial charge >= 0.3 is 0 Å². The van der Waals surface area contributed by atoms with Gasteiger partial charge in [0.05, 0.1) is 6.54 Å². The van der Waals surface area contributed by atoms with E-state index in [1.165, 1.54) is 30.2 Å². The molecule has 2 aromatic rings. The van der Waals surface area contributed by atoms with Crippen molar-refractivity contribution in [2.45, 2.75) is 38.8 Å². The van der Waals surface area contributed by atoms with Crippen molar-refractivity contribution in [1.29, 1.82) is 0 Å². The van der Waals surface area contributed by atoms with Gasteiger partial charge in [-0.15, -0.1) is 0 Å². The van der Waals surface area contributed by atoms with Gasteiger partial charge in [-0.1, -0.05) is 18.6 Å². The van der Waals surface area contributed by atoms with E-state index in [1.807, 2.05) is 12.1 Å². The van der Waals surface area contributed by atoms with Crippen LogP contribution in [-0.4, -0.2) is 6.04 Å². The highest BCUT2D eigenvalue weighted by atomic mass is 16.3. The van der Waals surface area contributed by atoms with Gasteiger partial charge in [0.2, 0.25) is 0 Å². The first kappa shape index (κ1) is 9.91. The maximum absolute atomic E-state index is 5.81. The number of benzene rings is 1. The molecule has 1 aliphatic carbocycles. The third kappa shape index (κ3) is 1.74. The second-order valence-corrected chi connectivity index (χ2v) is 4.71. The Morgan fingerprint density at radius 2 is 2.25 bits per heavy atom. The molecule has 0 unspecified atom stereocenters. The zero-order valence-corrected chi connectivity index (χ0v) is 9.62. The zero-order chi connectivity index (χ0) is 11.0. The van der Waals surface area contributed by atoms with E-state index in [0.717, 1.165) is 17.9 Å². The maximum Gasteiger partial charge on any atom is 0.134 e. The fraction of sp³-hybridized carbons (Fsp3) is 0.429. The van der Waals surface area contributed by atoms with Gasteiger partial charge in [-0.25, -0.2) is 0 Å². The summed E-state index contributed by atoms with van der Waals surface area (Å²) in [6.07, 6.45) is 4.01. The Bertz CT molecular complexity index is 496. The molecule has 16 heavy (non-hydrogen) atoms. The highest BCUT2D eigenvalue weighted by Gasteiger charge is 2.16. The Balaban J connectivity index is 1.79. The second-order valence-electron chi connectivity index (χ2n) is 4.71. The highest BCUT2D eigenvalue weighted by Crippen LogP contribution is 2.23. The van der Waals surface area contributed by atoms with Gasteiger partial charge in [0.25, 0.3) is 0 Å². The van der Waals surface area contributed by atoms with Gasteiger partial charge in [-0.3, -0.25) is 0 Å². The highest BCUT2D eigenvalue weighted by molar-refractivity contribution is 5.81. The molecular formula is C14H17NO. The van der Waals surface area contributed by atoms with Crippen molar-refractivity contribution in [1.82, 2.24) is 5.32 Å². The molecule has 1 N–H and O–H groups in total. The smallest absolute Gasteiger partial charge is 0.134 e. The van der Waals surface area contributed by atoms with Crippen molar-refractivity contribution < 1.29 is 4.42 Å². The Morgan fingerprint density at radius 1 is 1.38 bits per heavy atom. The van der Waals surface area contributed by atoms with Gasteiger partial charge < -0.3 is 9.73 Å². The summed E-state index contributed by atoms with van der Waals surface area (Å²) in [7, 11) is 0. The molecule has 0 bridgehead atoms. The van der Waals surface area contributed by atoms with Crippen molar-refractivity contribution in [3.63, 3.8) is 0 Å².